The van der Waals surface area contributed by atoms with Crippen LogP contribution in [0.3, 0.4) is 0 Å². The van der Waals surface area contributed by atoms with Crippen molar-refractivity contribution < 1.29 is 9.84 Å². The quantitative estimate of drug-likeness (QED) is 0.944. The van der Waals surface area contributed by atoms with Gasteiger partial charge in [0.2, 0.25) is 5.88 Å². The zero-order chi connectivity index (χ0) is 13.1. The molecule has 96 valence electrons. The Balaban J connectivity index is 2.50. The van der Waals surface area contributed by atoms with Gasteiger partial charge in [0.25, 0.3) is 0 Å². The number of aliphatic hydroxyl groups is 1. The summed E-state index contributed by atoms with van der Waals surface area (Å²) in [6, 6.07) is 7.83. The summed E-state index contributed by atoms with van der Waals surface area (Å²) in [7, 11) is 1.62. The van der Waals surface area contributed by atoms with Crippen LogP contribution in [0.5, 0.6) is 5.88 Å². The third-order valence-electron chi connectivity index (χ3n) is 2.76. The van der Waals surface area contributed by atoms with E-state index in [4.69, 9.17) is 9.84 Å². The van der Waals surface area contributed by atoms with Crippen molar-refractivity contribution in [3.63, 3.8) is 0 Å². The van der Waals surface area contributed by atoms with E-state index in [0.717, 1.165) is 21.4 Å². The molecule has 0 aliphatic heterocycles. The van der Waals surface area contributed by atoms with E-state index in [1.54, 1.807) is 11.8 Å². The van der Waals surface area contributed by atoms with Crippen LogP contribution in [0.1, 0.15) is 11.3 Å². The van der Waals surface area contributed by atoms with Crippen LogP contribution in [-0.2, 0) is 6.42 Å². The fraction of sp³-hybridized carbons (Fsp3) is 0.308. The van der Waals surface area contributed by atoms with E-state index < -0.39 is 0 Å². The topological polar surface area (TPSA) is 47.3 Å². The number of methoxy groups -OCH3 is 1. The number of aryl methyl sites for hydroxylation is 1. The molecule has 0 unspecified atom stereocenters. The van der Waals surface area contributed by atoms with Gasteiger partial charge in [0.1, 0.15) is 0 Å². The second-order valence-electron chi connectivity index (χ2n) is 3.94. The van der Waals surface area contributed by atoms with Crippen LogP contribution in [0, 0.1) is 6.92 Å². The molecule has 1 aromatic heterocycles. The Hall–Kier alpha value is -1.33. The molecule has 0 saturated carbocycles. The first kappa shape index (κ1) is 13.1. The van der Waals surface area contributed by atoms with Gasteiger partial charge >= 0.3 is 0 Å². The van der Waals surface area contributed by atoms with E-state index in [0.29, 0.717) is 12.3 Å². The Kier molecular flexibility index (Phi) is 4.04. The Labute approximate surface area is 114 Å². The number of halogens is 1. The molecule has 0 fully saturated rings. The van der Waals surface area contributed by atoms with Crippen LogP contribution in [0.2, 0.25) is 0 Å². The van der Waals surface area contributed by atoms with Crippen LogP contribution in [0.15, 0.2) is 28.7 Å². The number of ether oxygens (including phenoxy) is 1. The number of aliphatic hydroxyl groups excluding tert-OH is 1. The predicted molar refractivity (Wildman–Crippen MR) is 73.3 cm³/mol. The van der Waals surface area contributed by atoms with Gasteiger partial charge in [-0.15, -0.1) is 0 Å². The van der Waals surface area contributed by atoms with Gasteiger partial charge in [0, 0.05) is 23.1 Å². The highest BCUT2D eigenvalue weighted by Gasteiger charge is 2.16. The lowest BCUT2D eigenvalue weighted by Crippen LogP contribution is -2.01. The number of hydrogen-bond donors (Lipinski definition) is 1. The highest BCUT2D eigenvalue weighted by atomic mass is 79.9. The monoisotopic (exact) mass is 310 g/mol. The third-order valence-corrected chi connectivity index (χ3v) is 3.29. The molecule has 4 nitrogen and oxygen atoms in total. The maximum atomic E-state index is 9.08. The molecule has 0 aliphatic rings. The van der Waals surface area contributed by atoms with Crippen LogP contribution in [0.4, 0.5) is 0 Å². The first-order chi connectivity index (χ1) is 8.67. The van der Waals surface area contributed by atoms with Crippen LogP contribution in [0.25, 0.3) is 5.69 Å². The van der Waals surface area contributed by atoms with Crippen molar-refractivity contribution in [2.45, 2.75) is 13.3 Å². The zero-order valence-corrected chi connectivity index (χ0v) is 11.9. The Morgan fingerprint density at radius 2 is 2.00 bits per heavy atom. The third kappa shape index (κ3) is 2.42. The van der Waals surface area contributed by atoms with Gasteiger partial charge in [-0.2, -0.15) is 5.10 Å². The van der Waals surface area contributed by atoms with Gasteiger partial charge in [0.15, 0.2) is 0 Å². The number of benzene rings is 1. The number of rotatable bonds is 4. The van der Waals surface area contributed by atoms with E-state index in [-0.39, 0.29) is 6.61 Å². The highest BCUT2D eigenvalue weighted by molar-refractivity contribution is 9.10. The lowest BCUT2D eigenvalue weighted by Gasteiger charge is -2.07. The first-order valence-corrected chi connectivity index (χ1v) is 6.46. The summed E-state index contributed by atoms with van der Waals surface area (Å²) in [5, 5.41) is 13.5. The number of nitrogens with zero attached hydrogens (tertiary/aromatic N) is 2. The standard InChI is InChI=1S/C13H15BrN2O2/c1-9-12(7-8-17)13(18-2)16(15-9)11-5-3-10(14)4-6-11/h3-6,17H,7-8H2,1-2H3. The normalized spacial score (nSPS) is 10.7. The van der Waals surface area contributed by atoms with Crippen molar-refractivity contribution in [3.05, 3.63) is 40.0 Å². The molecular formula is C13H15BrN2O2. The van der Waals surface area contributed by atoms with E-state index in [1.165, 1.54) is 0 Å². The van der Waals surface area contributed by atoms with Crippen LogP contribution >= 0.6 is 15.9 Å². The molecule has 0 atom stereocenters. The molecule has 2 aromatic rings. The zero-order valence-electron chi connectivity index (χ0n) is 10.4. The maximum absolute atomic E-state index is 9.08. The predicted octanol–water partition coefficient (Wildman–Crippen LogP) is 2.49. The fourth-order valence-corrected chi connectivity index (χ4v) is 2.17. The molecular weight excluding hydrogens is 296 g/mol. The lowest BCUT2D eigenvalue weighted by atomic mass is 10.2. The fourth-order valence-electron chi connectivity index (χ4n) is 1.90. The minimum atomic E-state index is 0.0865. The van der Waals surface area contributed by atoms with Gasteiger partial charge in [-0.3, -0.25) is 0 Å². The SMILES string of the molecule is COc1c(CCO)c(C)nn1-c1ccc(Br)cc1. The van der Waals surface area contributed by atoms with Gasteiger partial charge < -0.3 is 9.84 Å². The summed E-state index contributed by atoms with van der Waals surface area (Å²) in [4.78, 5) is 0. The van der Waals surface area contributed by atoms with Gasteiger partial charge in [0.05, 0.1) is 18.5 Å². The summed E-state index contributed by atoms with van der Waals surface area (Å²) >= 11 is 3.40. The first-order valence-electron chi connectivity index (χ1n) is 5.66. The van der Waals surface area contributed by atoms with Crippen molar-refractivity contribution in [1.82, 2.24) is 9.78 Å². The molecule has 0 radical (unpaired) electrons. The van der Waals surface area contributed by atoms with E-state index in [1.807, 2.05) is 31.2 Å². The Morgan fingerprint density at radius 3 is 2.56 bits per heavy atom. The van der Waals surface area contributed by atoms with Crippen molar-refractivity contribution in [1.29, 1.82) is 0 Å². The second kappa shape index (κ2) is 5.54. The lowest BCUT2D eigenvalue weighted by molar-refractivity contribution is 0.295. The Morgan fingerprint density at radius 1 is 1.33 bits per heavy atom. The van der Waals surface area contributed by atoms with Crippen LogP contribution < -0.4 is 4.74 Å². The van der Waals surface area contributed by atoms with Crippen molar-refractivity contribution in [2.75, 3.05) is 13.7 Å². The van der Waals surface area contributed by atoms with Gasteiger partial charge in [-0.05, 0) is 31.2 Å². The molecule has 18 heavy (non-hydrogen) atoms. The summed E-state index contributed by atoms with van der Waals surface area (Å²) in [5.74, 6) is 0.684. The smallest absolute Gasteiger partial charge is 0.219 e. The van der Waals surface area contributed by atoms with Crippen molar-refractivity contribution in [3.8, 4) is 11.6 Å². The molecule has 1 heterocycles. The molecule has 5 heteroatoms. The van der Waals surface area contributed by atoms with E-state index in [9.17, 15) is 0 Å². The molecule has 0 spiro atoms. The number of hydrogen-bond acceptors (Lipinski definition) is 3. The second-order valence-corrected chi connectivity index (χ2v) is 4.85. The molecule has 0 bridgehead atoms. The minimum Gasteiger partial charge on any atom is -0.481 e. The summed E-state index contributed by atoms with van der Waals surface area (Å²) in [5.41, 5.74) is 2.76. The molecule has 1 N–H and O–H groups in total. The molecule has 0 amide bonds. The van der Waals surface area contributed by atoms with Crippen molar-refractivity contribution in [2.24, 2.45) is 0 Å². The maximum Gasteiger partial charge on any atom is 0.219 e. The van der Waals surface area contributed by atoms with Gasteiger partial charge in [-0.1, -0.05) is 15.9 Å². The largest absolute Gasteiger partial charge is 0.481 e. The number of aromatic nitrogens is 2. The van der Waals surface area contributed by atoms with Gasteiger partial charge in [-0.25, -0.2) is 4.68 Å². The van der Waals surface area contributed by atoms with Crippen molar-refractivity contribution >= 4 is 15.9 Å². The molecule has 2 rings (SSSR count). The van der Waals surface area contributed by atoms with E-state index >= 15 is 0 Å². The minimum absolute atomic E-state index is 0.0865. The molecule has 1 aromatic carbocycles. The van der Waals surface area contributed by atoms with Crippen LogP contribution in [-0.4, -0.2) is 28.6 Å². The van der Waals surface area contributed by atoms with E-state index in [2.05, 4.69) is 21.0 Å². The summed E-state index contributed by atoms with van der Waals surface area (Å²) in [6.45, 7) is 2.01. The molecule has 0 saturated heterocycles. The Bertz CT molecular complexity index is 535. The average Bonchev–Trinajstić information content (AvgIpc) is 2.68. The highest BCUT2D eigenvalue weighted by Crippen LogP contribution is 2.26. The molecule has 0 aliphatic carbocycles. The summed E-state index contributed by atoms with van der Waals surface area (Å²) in [6.07, 6.45) is 0.547. The summed E-state index contributed by atoms with van der Waals surface area (Å²) < 4.78 is 8.19. The average molecular weight is 311 g/mol.